The number of nitrogens with one attached hydrogen (secondary N) is 2. The molecular weight excluding hydrogens is 363 g/mol. The molecule has 0 aliphatic carbocycles. The molecule has 0 radical (unpaired) electrons. The summed E-state index contributed by atoms with van der Waals surface area (Å²) in [7, 11) is 0. The molecule has 0 saturated carbocycles. The summed E-state index contributed by atoms with van der Waals surface area (Å²) in [4.78, 5) is 24.2. The van der Waals surface area contributed by atoms with Crippen LogP contribution in [0.15, 0.2) is 49.3 Å². The summed E-state index contributed by atoms with van der Waals surface area (Å²) < 4.78 is 39.4. The third-order valence-electron chi connectivity index (χ3n) is 3.71. The molecule has 0 saturated heterocycles. The Morgan fingerprint density at radius 2 is 2.07 bits per heavy atom. The number of aromatic nitrogens is 6. The molecule has 0 aliphatic rings. The number of hydrogen-bond donors (Lipinski definition) is 2. The molecule has 0 atom stereocenters. The number of pyridine rings is 2. The van der Waals surface area contributed by atoms with Crippen LogP contribution in [0.25, 0.3) is 16.7 Å². The van der Waals surface area contributed by atoms with Gasteiger partial charge in [0.1, 0.15) is 17.8 Å². The minimum absolute atomic E-state index is 0.0357. The Balaban J connectivity index is 1.67. The first-order valence-electron chi connectivity index (χ1n) is 7.59. The summed E-state index contributed by atoms with van der Waals surface area (Å²) in [5, 5.41) is 9.73. The fourth-order valence-electron chi connectivity index (χ4n) is 2.45. The van der Waals surface area contributed by atoms with Crippen LogP contribution in [0, 0.1) is 0 Å². The largest absolute Gasteiger partial charge is 0.433 e. The number of imidazole rings is 1. The molecule has 8 nitrogen and oxygen atoms in total. The molecular formula is C16H10F3N7O. The van der Waals surface area contributed by atoms with Gasteiger partial charge in [-0.25, -0.2) is 15.0 Å². The molecule has 4 rings (SSSR count). The number of H-pyrrole nitrogens is 1. The minimum atomic E-state index is -4.55. The van der Waals surface area contributed by atoms with E-state index in [-0.39, 0.29) is 11.4 Å². The van der Waals surface area contributed by atoms with Crippen molar-refractivity contribution in [2.24, 2.45) is 0 Å². The highest BCUT2D eigenvalue weighted by atomic mass is 19.4. The number of amides is 1. The first-order valence-corrected chi connectivity index (χ1v) is 7.59. The monoisotopic (exact) mass is 373 g/mol. The molecule has 1 amide bonds. The van der Waals surface area contributed by atoms with Crippen LogP contribution in [0.3, 0.4) is 0 Å². The summed E-state index contributed by atoms with van der Waals surface area (Å²) >= 11 is 0. The molecule has 11 heteroatoms. The normalized spacial score (nSPS) is 11.7. The number of carbonyl (C=O) groups excluding carboxylic acids is 1. The highest BCUT2D eigenvalue weighted by Crippen LogP contribution is 2.28. The lowest BCUT2D eigenvalue weighted by atomic mass is 10.2. The lowest BCUT2D eigenvalue weighted by Gasteiger charge is -2.09. The van der Waals surface area contributed by atoms with Crippen LogP contribution in [0.1, 0.15) is 16.2 Å². The van der Waals surface area contributed by atoms with Crippen LogP contribution < -0.4 is 5.32 Å². The van der Waals surface area contributed by atoms with Gasteiger partial charge in [-0.1, -0.05) is 0 Å². The number of halogens is 3. The first-order chi connectivity index (χ1) is 12.9. The molecule has 0 unspecified atom stereocenters. The number of hydrogen-bond acceptors (Lipinski definition) is 5. The van der Waals surface area contributed by atoms with E-state index in [1.165, 1.54) is 12.5 Å². The van der Waals surface area contributed by atoms with Crippen molar-refractivity contribution in [2.45, 2.75) is 6.18 Å². The highest BCUT2D eigenvalue weighted by Gasteiger charge is 2.32. The Morgan fingerprint density at radius 3 is 2.74 bits per heavy atom. The maximum atomic E-state index is 12.6. The zero-order chi connectivity index (χ0) is 19.0. The first kappa shape index (κ1) is 16.7. The van der Waals surface area contributed by atoms with Gasteiger partial charge in [0.2, 0.25) is 0 Å². The fourth-order valence-corrected chi connectivity index (χ4v) is 2.45. The number of nitrogens with zero attached hydrogens (tertiary/aromatic N) is 5. The van der Waals surface area contributed by atoms with E-state index in [1.54, 1.807) is 23.0 Å². The summed E-state index contributed by atoms with van der Waals surface area (Å²) in [5.74, 6) is -0.176. The lowest BCUT2D eigenvalue weighted by molar-refractivity contribution is -0.141. The Hall–Kier alpha value is -3.76. The van der Waals surface area contributed by atoms with Crippen molar-refractivity contribution in [3.8, 4) is 5.82 Å². The molecule has 4 aromatic rings. The van der Waals surface area contributed by atoms with E-state index >= 15 is 0 Å². The van der Waals surface area contributed by atoms with Crippen molar-refractivity contribution in [1.82, 2.24) is 29.7 Å². The number of rotatable bonds is 3. The van der Waals surface area contributed by atoms with E-state index in [2.05, 4.69) is 30.5 Å². The molecule has 136 valence electrons. The second kappa shape index (κ2) is 6.20. The quantitative estimate of drug-likeness (QED) is 0.575. The summed E-state index contributed by atoms with van der Waals surface area (Å²) in [6.45, 7) is 0. The zero-order valence-electron chi connectivity index (χ0n) is 13.4. The maximum Gasteiger partial charge on any atom is 0.433 e. The average molecular weight is 373 g/mol. The van der Waals surface area contributed by atoms with Gasteiger partial charge >= 0.3 is 6.18 Å². The predicted octanol–water partition coefficient (Wildman–Crippen LogP) is 2.81. The molecule has 0 aromatic carbocycles. The molecule has 0 fully saturated rings. The number of fused-ring (bicyclic) bond motifs is 1. The molecule has 4 aromatic heterocycles. The van der Waals surface area contributed by atoms with Crippen molar-refractivity contribution in [3.63, 3.8) is 0 Å². The van der Waals surface area contributed by atoms with Crippen molar-refractivity contribution in [3.05, 3.63) is 60.7 Å². The Morgan fingerprint density at radius 1 is 1.22 bits per heavy atom. The van der Waals surface area contributed by atoms with Crippen LogP contribution in [-0.4, -0.2) is 35.6 Å². The number of aromatic amines is 1. The fraction of sp³-hybridized carbons (Fsp3) is 0.0625. The van der Waals surface area contributed by atoms with Crippen molar-refractivity contribution >= 4 is 22.5 Å². The van der Waals surface area contributed by atoms with Crippen LogP contribution in [0.4, 0.5) is 18.9 Å². The van der Waals surface area contributed by atoms with Gasteiger partial charge in [0, 0.05) is 17.8 Å². The number of carbonyl (C=O) groups is 1. The van der Waals surface area contributed by atoms with Crippen molar-refractivity contribution in [2.75, 3.05) is 5.32 Å². The second-order valence-electron chi connectivity index (χ2n) is 5.52. The summed E-state index contributed by atoms with van der Waals surface area (Å²) in [5.41, 5.74) is -0.503. The van der Waals surface area contributed by atoms with Crippen LogP contribution in [-0.2, 0) is 6.18 Å². The number of anilines is 1. The molecule has 0 bridgehead atoms. The predicted molar refractivity (Wildman–Crippen MR) is 88.2 cm³/mol. The summed E-state index contributed by atoms with van der Waals surface area (Å²) in [6, 6.07) is 3.63. The topological polar surface area (TPSA) is 101 Å². The Bertz CT molecular complexity index is 1100. The minimum Gasteiger partial charge on any atom is -0.319 e. The van der Waals surface area contributed by atoms with E-state index in [0.29, 0.717) is 16.7 Å². The van der Waals surface area contributed by atoms with Gasteiger partial charge in [-0.2, -0.15) is 18.3 Å². The molecule has 2 N–H and O–H groups in total. The SMILES string of the molecule is O=C(Nc1ccc(C(F)(F)F)nc1)c1nc(-n2ccnc2)cc2cn[nH]c12. The van der Waals surface area contributed by atoms with E-state index < -0.39 is 17.8 Å². The van der Waals surface area contributed by atoms with Crippen LogP contribution in [0.5, 0.6) is 0 Å². The van der Waals surface area contributed by atoms with Gasteiger partial charge < -0.3 is 5.32 Å². The van der Waals surface area contributed by atoms with E-state index in [9.17, 15) is 18.0 Å². The highest BCUT2D eigenvalue weighted by molar-refractivity contribution is 6.10. The maximum absolute atomic E-state index is 12.6. The average Bonchev–Trinajstić information content (AvgIpc) is 3.32. The van der Waals surface area contributed by atoms with Gasteiger partial charge in [0.15, 0.2) is 5.69 Å². The molecule has 0 spiro atoms. The van der Waals surface area contributed by atoms with Crippen molar-refractivity contribution in [1.29, 1.82) is 0 Å². The van der Waals surface area contributed by atoms with Gasteiger partial charge in [-0.3, -0.25) is 14.5 Å². The smallest absolute Gasteiger partial charge is 0.319 e. The van der Waals surface area contributed by atoms with Gasteiger partial charge in [-0.15, -0.1) is 0 Å². The van der Waals surface area contributed by atoms with Gasteiger partial charge in [0.05, 0.1) is 23.6 Å². The molecule has 0 aliphatic heterocycles. The van der Waals surface area contributed by atoms with Crippen LogP contribution >= 0.6 is 0 Å². The van der Waals surface area contributed by atoms with Crippen molar-refractivity contribution < 1.29 is 18.0 Å². The molecule has 4 heterocycles. The van der Waals surface area contributed by atoms with E-state index in [0.717, 1.165) is 18.3 Å². The zero-order valence-corrected chi connectivity index (χ0v) is 13.4. The van der Waals surface area contributed by atoms with Gasteiger partial charge in [0.25, 0.3) is 5.91 Å². The van der Waals surface area contributed by atoms with E-state index in [4.69, 9.17) is 0 Å². The Labute approximate surface area is 149 Å². The Kier molecular flexibility index (Phi) is 3.83. The molecule has 27 heavy (non-hydrogen) atoms. The third kappa shape index (κ3) is 3.21. The van der Waals surface area contributed by atoms with E-state index in [1.807, 2.05) is 0 Å². The third-order valence-corrected chi connectivity index (χ3v) is 3.71. The second-order valence-corrected chi connectivity index (χ2v) is 5.52. The van der Waals surface area contributed by atoms with Gasteiger partial charge in [-0.05, 0) is 18.2 Å². The summed E-state index contributed by atoms with van der Waals surface area (Å²) in [6.07, 6.45) is 2.67. The van der Waals surface area contributed by atoms with Crippen LogP contribution in [0.2, 0.25) is 0 Å². The number of alkyl halides is 3. The lowest BCUT2D eigenvalue weighted by Crippen LogP contribution is -2.16. The standard InChI is InChI=1S/C16H10F3N7O/c17-16(18,19)11-2-1-10(7-21-11)23-15(27)14-13-9(6-22-25-13)5-12(24-14)26-4-3-20-8-26/h1-8H,(H,22,25)(H,23,27).